The lowest BCUT2D eigenvalue weighted by atomic mass is 10.1. The molecule has 11 heteroatoms. The topological polar surface area (TPSA) is 38.1 Å². The molecule has 2 aromatic rings. The second-order valence-corrected chi connectivity index (χ2v) is 5.07. The fourth-order valence-corrected chi connectivity index (χ4v) is 2.54. The van der Waals surface area contributed by atoms with E-state index < -0.39 is 64.7 Å². The molecule has 1 aromatic carbocycles. The maximum atomic E-state index is 14.0. The molecule has 0 saturated carbocycles. The van der Waals surface area contributed by atoms with E-state index in [4.69, 9.17) is 0 Å². The van der Waals surface area contributed by atoms with Crippen molar-refractivity contribution in [1.29, 1.82) is 0 Å². The van der Waals surface area contributed by atoms with Crippen LogP contribution in [-0.4, -0.2) is 21.1 Å². The number of fused-ring (bicyclic) bond motifs is 1. The Morgan fingerprint density at radius 1 is 1.04 bits per heavy atom. The third-order valence-corrected chi connectivity index (χ3v) is 3.58. The normalized spacial score (nSPS) is 23.6. The summed E-state index contributed by atoms with van der Waals surface area (Å²) in [6.45, 7) is 0. The Morgan fingerprint density at radius 3 is 2.08 bits per heavy atom. The van der Waals surface area contributed by atoms with E-state index in [-0.39, 0.29) is 16.8 Å². The Morgan fingerprint density at radius 2 is 1.58 bits per heavy atom. The van der Waals surface area contributed by atoms with Crippen molar-refractivity contribution in [3.05, 3.63) is 46.5 Å². The summed E-state index contributed by atoms with van der Waals surface area (Å²) in [5.41, 5.74) is -4.78. The molecule has 3 rings (SSSR count). The summed E-state index contributed by atoms with van der Waals surface area (Å²) in [6, 6.07) is 0.549. The quantitative estimate of drug-likeness (QED) is 0.624. The molecule has 3 nitrogen and oxygen atoms in total. The van der Waals surface area contributed by atoms with Crippen molar-refractivity contribution in [2.45, 2.75) is 24.6 Å². The minimum Gasteiger partial charge on any atom is -0.385 e. The van der Waals surface area contributed by atoms with E-state index >= 15 is 0 Å². The molecule has 0 fully saturated rings. The number of aliphatic hydroxyl groups excluding tert-OH is 1. The Balaban J connectivity index is 2.30. The predicted octanol–water partition coefficient (Wildman–Crippen LogP) is 3.70. The van der Waals surface area contributed by atoms with Gasteiger partial charge < -0.3 is 5.11 Å². The van der Waals surface area contributed by atoms with Crippen molar-refractivity contribution in [3.63, 3.8) is 0 Å². The van der Waals surface area contributed by atoms with Crippen molar-refractivity contribution in [2.75, 3.05) is 0 Å². The third kappa shape index (κ3) is 2.26. The van der Waals surface area contributed by atoms with Gasteiger partial charge in [0.25, 0.3) is 0 Å². The Kier molecular flexibility index (Phi) is 3.59. The number of alkyl halides is 5. The van der Waals surface area contributed by atoms with Gasteiger partial charge in [-0.1, -0.05) is 0 Å². The van der Waals surface area contributed by atoms with E-state index in [1.807, 2.05) is 0 Å². The lowest BCUT2D eigenvalue weighted by Crippen LogP contribution is -2.17. The molecule has 0 amide bonds. The van der Waals surface area contributed by atoms with Gasteiger partial charge in [-0.25, -0.2) is 26.6 Å². The average molecular weight is 358 g/mol. The van der Waals surface area contributed by atoms with Crippen LogP contribution in [0, 0.1) is 17.5 Å². The van der Waals surface area contributed by atoms with E-state index in [9.17, 15) is 40.2 Å². The van der Waals surface area contributed by atoms with Crippen molar-refractivity contribution in [3.8, 4) is 5.69 Å². The van der Waals surface area contributed by atoms with Crippen molar-refractivity contribution >= 4 is 0 Å². The molecule has 1 aliphatic carbocycles. The van der Waals surface area contributed by atoms with Crippen LogP contribution >= 0.6 is 0 Å². The summed E-state index contributed by atoms with van der Waals surface area (Å²) >= 11 is 0. The van der Waals surface area contributed by atoms with Gasteiger partial charge in [0.1, 0.15) is 6.10 Å². The predicted molar refractivity (Wildman–Crippen MR) is 62.1 cm³/mol. The zero-order valence-corrected chi connectivity index (χ0v) is 11.3. The second-order valence-electron chi connectivity index (χ2n) is 5.07. The number of hydrogen-bond acceptors (Lipinski definition) is 2. The number of rotatable bonds is 1. The van der Waals surface area contributed by atoms with Crippen LogP contribution in [0.25, 0.3) is 5.69 Å². The van der Waals surface area contributed by atoms with Gasteiger partial charge >= 0.3 is 6.18 Å². The first-order valence-corrected chi connectivity index (χ1v) is 6.35. The van der Waals surface area contributed by atoms with Gasteiger partial charge in [0, 0.05) is 17.7 Å². The number of aromatic nitrogens is 2. The van der Waals surface area contributed by atoms with Crippen LogP contribution in [0.1, 0.15) is 29.2 Å². The SMILES string of the molecule is O[C@H]1c2c(C(F)(F)F)nn(-c3cc(F)c(F)c(F)c3)c2[C@@H](F)[C@H]1F. The summed E-state index contributed by atoms with van der Waals surface area (Å²) in [7, 11) is 0. The van der Waals surface area contributed by atoms with Crippen LogP contribution in [0.2, 0.25) is 0 Å². The number of hydrogen-bond donors (Lipinski definition) is 1. The highest BCUT2D eigenvalue weighted by atomic mass is 19.4. The smallest absolute Gasteiger partial charge is 0.385 e. The zero-order valence-electron chi connectivity index (χ0n) is 11.3. The van der Waals surface area contributed by atoms with E-state index in [0.29, 0.717) is 0 Å². The van der Waals surface area contributed by atoms with Crippen molar-refractivity contribution < 1.29 is 40.2 Å². The van der Waals surface area contributed by atoms with Crippen LogP contribution in [0.3, 0.4) is 0 Å². The van der Waals surface area contributed by atoms with E-state index in [1.165, 1.54) is 0 Å². The fraction of sp³-hybridized carbons (Fsp3) is 0.308. The first-order valence-electron chi connectivity index (χ1n) is 6.35. The van der Waals surface area contributed by atoms with E-state index in [2.05, 4.69) is 5.10 Å². The van der Waals surface area contributed by atoms with Gasteiger partial charge in [-0.05, 0) is 0 Å². The molecular formula is C13H6F8N2O. The molecule has 1 aliphatic rings. The largest absolute Gasteiger partial charge is 0.435 e. The summed E-state index contributed by atoms with van der Waals surface area (Å²) < 4.78 is 106. The van der Waals surface area contributed by atoms with Crippen LogP contribution in [0.4, 0.5) is 35.1 Å². The fourth-order valence-electron chi connectivity index (χ4n) is 2.54. The highest BCUT2D eigenvalue weighted by Gasteiger charge is 2.52. The van der Waals surface area contributed by atoms with Gasteiger partial charge in [0.05, 0.1) is 11.4 Å². The lowest BCUT2D eigenvalue weighted by Gasteiger charge is -2.12. The minimum atomic E-state index is -5.18. The molecule has 0 radical (unpaired) electrons. The summed E-state index contributed by atoms with van der Waals surface area (Å²) in [5.74, 6) is -5.40. The highest BCUT2D eigenvalue weighted by molar-refractivity contribution is 5.45. The molecule has 0 spiro atoms. The monoisotopic (exact) mass is 358 g/mol. The average Bonchev–Trinajstić information content (AvgIpc) is 2.98. The summed E-state index contributed by atoms with van der Waals surface area (Å²) in [5, 5.41) is 12.5. The number of aliphatic hydroxyl groups is 1. The van der Waals surface area contributed by atoms with Crippen LogP contribution in [0.15, 0.2) is 12.1 Å². The van der Waals surface area contributed by atoms with E-state index in [1.54, 1.807) is 0 Å². The molecule has 1 aromatic heterocycles. The second kappa shape index (κ2) is 5.16. The molecule has 1 heterocycles. The molecular weight excluding hydrogens is 352 g/mol. The maximum Gasteiger partial charge on any atom is 0.435 e. The molecule has 3 atom stereocenters. The highest BCUT2D eigenvalue weighted by Crippen LogP contribution is 2.49. The number of halogens is 8. The molecule has 0 bridgehead atoms. The van der Waals surface area contributed by atoms with E-state index in [0.717, 1.165) is 0 Å². The molecule has 0 aliphatic heterocycles. The van der Waals surface area contributed by atoms with Crippen LogP contribution < -0.4 is 0 Å². The maximum absolute atomic E-state index is 14.0. The van der Waals surface area contributed by atoms with Crippen LogP contribution in [-0.2, 0) is 6.18 Å². The molecule has 0 unspecified atom stereocenters. The van der Waals surface area contributed by atoms with Crippen molar-refractivity contribution in [2.24, 2.45) is 0 Å². The summed E-state index contributed by atoms with van der Waals surface area (Å²) in [4.78, 5) is 0. The summed E-state index contributed by atoms with van der Waals surface area (Å²) in [6.07, 6.45) is -13.1. The first kappa shape index (κ1) is 16.7. The lowest BCUT2D eigenvalue weighted by molar-refractivity contribution is -0.143. The number of benzene rings is 1. The van der Waals surface area contributed by atoms with Gasteiger partial charge in [0.15, 0.2) is 35.5 Å². The Labute approximate surface area is 128 Å². The number of nitrogens with zero attached hydrogens (tertiary/aromatic N) is 2. The third-order valence-electron chi connectivity index (χ3n) is 3.58. The minimum absolute atomic E-state index is 0.108. The molecule has 130 valence electrons. The van der Waals surface area contributed by atoms with Gasteiger partial charge in [-0.3, -0.25) is 0 Å². The van der Waals surface area contributed by atoms with Crippen LogP contribution in [0.5, 0.6) is 0 Å². The molecule has 1 N–H and O–H groups in total. The first-order chi connectivity index (χ1) is 11.0. The Bertz CT molecular complexity index is 792. The van der Waals surface area contributed by atoms with Gasteiger partial charge in [0.2, 0.25) is 0 Å². The molecule has 24 heavy (non-hydrogen) atoms. The van der Waals surface area contributed by atoms with Crippen molar-refractivity contribution in [1.82, 2.24) is 9.78 Å². The zero-order chi connectivity index (χ0) is 18.0. The standard InChI is InChI=1S/C13H6F8N2O/c14-4-1-3(2-5(15)7(4)16)23-10-6(11(24)9(18)8(10)17)12(22-23)13(19,20)21/h1-2,8-9,11,24H/t8-,9+,11-/m0/s1. The van der Waals surface area contributed by atoms with Gasteiger partial charge in [-0.15, -0.1) is 0 Å². The van der Waals surface area contributed by atoms with Gasteiger partial charge in [-0.2, -0.15) is 18.3 Å². The Hall–Kier alpha value is -2.17. The molecule has 0 saturated heterocycles.